The molecule has 0 radical (unpaired) electrons. The summed E-state index contributed by atoms with van der Waals surface area (Å²) in [6.45, 7) is 0. The first-order valence-electron chi connectivity index (χ1n) is 3.46. The highest BCUT2D eigenvalue weighted by Gasteiger charge is 2.26. The normalized spacial score (nSPS) is 13.0. The molecule has 13 heavy (non-hydrogen) atoms. The maximum atomic E-state index is 11.7. The van der Waals surface area contributed by atoms with Gasteiger partial charge >= 0.3 is 6.30 Å². The summed E-state index contributed by atoms with van der Waals surface area (Å²) in [7, 11) is 0. The highest BCUT2D eigenvalue weighted by molar-refractivity contribution is 5.97. The summed E-state index contributed by atoms with van der Waals surface area (Å²) in [5, 5.41) is 0. The Balaban J connectivity index is 2.92. The van der Waals surface area contributed by atoms with Crippen molar-refractivity contribution >= 4 is 5.84 Å². The third kappa shape index (κ3) is 3.14. The molecule has 0 aliphatic carbocycles. The van der Waals surface area contributed by atoms with Crippen molar-refractivity contribution in [1.82, 2.24) is 0 Å². The van der Waals surface area contributed by atoms with E-state index in [-0.39, 0.29) is 5.56 Å². The van der Waals surface area contributed by atoms with Gasteiger partial charge in [0, 0.05) is 5.56 Å². The van der Waals surface area contributed by atoms with Crippen LogP contribution in [0, 0.1) is 0 Å². The van der Waals surface area contributed by atoms with Crippen LogP contribution in [0.2, 0.25) is 0 Å². The molecule has 0 amide bonds. The average molecular weight is 188 g/mol. The Labute approximate surface area is 72.9 Å². The summed E-state index contributed by atoms with van der Waals surface area (Å²) < 4.78 is 35.2. The van der Waals surface area contributed by atoms with Crippen LogP contribution < -0.4 is 5.73 Å². The van der Waals surface area contributed by atoms with Gasteiger partial charge in [0.15, 0.2) is 0 Å². The largest absolute Gasteiger partial charge is 0.505 e. The predicted molar refractivity (Wildman–Crippen MR) is 43.2 cm³/mol. The number of amidine groups is 1. The SMILES string of the molecule is NC(=NC(F)(F)F)c1ccccc1. The molecular weight excluding hydrogens is 181 g/mol. The molecule has 0 atom stereocenters. The Morgan fingerprint density at radius 1 is 1.15 bits per heavy atom. The third-order valence-corrected chi connectivity index (χ3v) is 1.32. The molecule has 70 valence electrons. The van der Waals surface area contributed by atoms with E-state index < -0.39 is 12.1 Å². The molecule has 0 spiro atoms. The number of alkyl halides is 3. The van der Waals surface area contributed by atoms with E-state index in [0.717, 1.165) is 0 Å². The highest BCUT2D eigenvalue weighted by atomic mass is 19.4. The molecule has 2 nitrogen and oxygen atoms in total. The summed E-state index contributed by atoms with van der Waals surface area (Å²) in [4.78, 5) is 2.37. The molecule has 5 heteroatoms. The van der Waals surface area contributed by atoms with Crippen LogP contribution in [0.1, 0.15) is 5.56 Å². The molecule has 1 rings (SSSR count). The predicted octanol–water partition coefficient (Wildman–Crippen LogP) is 1.91. The van der Waals surface area contributed by atoms with Gasteiger partial charge in [0.1, 0.15) is 5.84 Å². The fourth-order valence-electron chi connectivity index (χ4n) is 0.810. The molecule has 0 fully saturated rings. The molecule has 1 aromatic carbocycles. The average Bonchev–Trinajstić information content (AvgIpc) is 2.03. The Kier molecular flexibility index (Phi) is 2.55. The quantitative estimate of drug-likeness (QED) is 0.408. The van der Waals surface area contributed by atoms with Gasteiger partial charge in [-0.15, -0.1) is 13.2 Å². The molecule has 2 N–H and O–H groups in total. The van der Waals surface area contributed by atoms with Crippen LogP contribution in [-0.2, 0) is 0 Å². The lowest BCUT2D eigenvalue weighted by molar-refractivity contribution is -0.119. The van der Waals surface area contributed by atoms with Gasteiger partial charge < -0.3 is 5.73 Å². The minimum atomic E-state index is -4.61. The summed E-state index contributed by atoms with van der Waals surface area (Å²) in [5.74, 6) is -0.520. The first-order valence-corrected chi connectivity index (χ1v) is 3.46. The first kappa shape index (κ1) is 9.57. The maximum Gasteiger partial charge on any atom is 0.505 e. The minimum Gasteiger partial charge on any atom is -0.383 e. The molecule has 0 aromatic heterocycles. The Bertz CT molecular complexity index is 303. The lowest BCUT2D eigenvalue weighted by Crippen LogP contribution is -2.18. The lowest BCUT2D eigenvalue weighted by atomic mass is 10.2. The molecular formula is C8H7F3N2. The first-order chi connectivity index (χ1) is 5.99. The van der Waals surface area contributed by atoms with E-state index in [1.165, 1.54) is 12.1 Å². The van der Waals surface area contributed by atoms with Crippen molar-refractivity contribution in [3.05, 3.63) is 35.9 Å². The Hall–Kier alpha value is -1.52. The van der Waals surface area contributed by atoms with E-state index in [1.807, 2.05) is 0 Å². The molecule has 0 bridgehead atoms. The zero-order valence-corrected chi connectivity index (χ0v) is 6.55. The van der Waals surface area contributed by atoms with Crippen molar-refractivity contribution < 1.29 is 13.2 Å². The molecule has 0 aliphatic heterocycles. The van der Waals surface area contributed by atoms with Gasteiger partial charge in [-0.2, -0.15) is 4.99 Å². The van der Waals surface area contributed by atoms with E-state index in [0.29, 0.717) is 0 Å². The van der Waals surface area contributed by atoms with E-state index in [4.69, 9.17) is 5.73 Å². The monoisotopic (exact) mass is 188 g/mol. The number of hydrogen-bond acceptors (Lipinski definition) is 1. The van der Waals surface area contributed by atoms with Gasteiger partial charge in [0.05, 0.1) is 0 Å². The van der Waals surface area contributed by atoms with Crippen LogP contribution in [0.15, 0.2) is 35.3 Å². The van der Waals surface area contributed by atoms with Crippen LogP contribution in [0.25, 0.3) is 0 Å². The highest BCUT2D eigenvalue weighted by Crippen LogP contribution is 2.16. The Morgan fingerprint density at radius 3 is 2.15 bits per heavy atom. The van der Waals surface area contributed by atoms with Crippen molar-refractivity contribution in [3.8, 4) is 0 Å². The second-order valence-electron chi connectivity index (χ2n) is 2.33. The fraction of sp³-hybridized carbons (Fsp3) is 0.125. The van der Waals surface area contributed by atoms with Gasteiger partial charge in [0.2, 0.25) is 0 Å². The zero-order chi connectivity index (χ0) is 9.90. The number of aliphatic imine (C=N–C) groups is 1. The summed E-state index contributed by atoms with van der Waals surface area (Å²) >= 11 is 0. The van der Waals surface area contributed by atoms with Crippen LogP contribution in [0.5, 0.6) is 0 Å². The molecule has 0 aliphatic rings. The van der Waals surface area contributed by atoms with Crippen molar-refractivity contribution in [1.29, 1.82) is 0 Å². The number of rotatable bonds is 1. The van der Waals surface area contributed by atoms with Crippen LogP contribution in [0.4, 0.5) is 13.2 Å². The summed E-state index contributed by atoms with van der Waals surface area (Å²) in [6.07, 6.45) is -4.61. The molecule has 0 saturated carbocycles. The van der Waals surface area contributed by atoms with Crippen molar-refractivity contribution in [2.45, 2.75) is 6.30 Å². The van der Waals surface area contributed by atoms with Crippen molar-refractivity contribution in [3.63, 3.8) is 0 Å². The van der Waals surface area contributed by atoms with Gasteiger partial charge in [0.25, 0.3) is 0 Å². The molecule has 0 unspecified atom stereocenters. The smallest absolute Gasteiger partial charge is 0.383 e. The van der Waals surface area contributed by atoms with Gasteiger partial charge in [-0.3, -0.25) is 0 Å². The molecule has 0 heterocycles. The zero-order valence-electron chi connectivity index (χ0n) is 6.55. The second kappa shape index (κ2) is 3.47. The van der Waals surface area contributed by atoms with Gasteiger partial charge in [-0.25, -0.2) is 0 Å². The minimum absolute atomic E-state index is 0.264. The van der Waals surface area contributed by atoms with Crippen molar-refractivity contribution in [2.24, 2.45) is 10.7 Å². The number of nitrogens with two attached hydrogens (primary N) is 1. The van der Waals surface area contributed by atoms with E-state index in [9.17, 15) is 13.2 Å². The van der Waals surface area contributed by atoms with Crippen LogP contribution >= 0.6 is 0 Å². The van der Waals surface area contributed by atoms with Gasteiger partial charge in [-0.05, 0) is 0 Å². The van der Waals surface area contributed by atoms with Crippen LogP contribution in [-0.4, -0.2) is 12.1 Å². The van der Waals surface area contributed by atoms with Crippen LogP contribution in [0.3, 0.4) is 0 Å². The lowest BCUT2D eigenvalue weighted by Gasteiger charge is -2.02. The summed E-state index contributed by atoms with van der Waals surface area (Å²) in [6, 6.07) is 7.79. The molecule has 1 aromatic rings. The number of nitrogens with zero attached hydrogens (tertiary/aromatic N) is 1. The molecule has 0 saturated heterocycles. The van der Waals surface area contributed by atoms with E-state index in [1.54, 1.807) is 18.2 Å². The summed E-state index contributed by atoms with van der Waals surface area (Å²) in [5.41, 5.74) is 5.37. The Morgan fingerprint density at radius 2 is 1.69 bits per heavy atom. The van der Waals surface area contributed by atoms with E-state index in [2.05, 4.69) is 4.99 Å². The standard InChI is InChI=1S/C8H7F3N2/c9-8(10,11)13-7(12)6-4-2-1-3-5-6/h1-5H,(H2,12,13). The maximum absolute atomic E-state index is 11.7. The number of benzene rings is 1. The number of halogens is 3. The third-order valence-electron chi connectivity index (χ3n) is 1.32. The fourth-order valence-corrected chi connectivity index (χ4v) is 0.810. The van der Waals surface area contributed by atoms with Crippen molar-refractivity contribution in [2.75, 3.05) is 0 Å². The number of hydrogen-bond donors (Lipinski definition) is 1. The topological polar surface area (TPSA) is 38.4 Å². The van der Waals surface area contributed by atoms with Gasteiger partial charge in [-0.1, -0.05) is 30.3 Å². The van der Waals surface area contributed by atoms with E-state index >= 15 is 0 Å². The second-order valence-corrected chi connectivity index (χ2v) is 2.33.